The Morgan fingerprint density at radius 1 is 1.75 bits per heavy atom. The van der Waals surface area contributed by atoms with Crippen molar-refractivity contribution in [1.82, 2.24) is 4.90 Å². The van der Waals surface area contributed by atoms with Crippen molar-refractivity contribution in [3.63, 3.8) is 0 Å². The Morgan fingerprint density at radius 3 is 3.06 bits per heavy atom. The molecule has 1 amide bonds. The van der Waals surface area contributed by atoms with E-state index in [0.717, 1.165) is 26.1 Å². The molecule has 4 nitrogen and oxygen atoms in total. The summed E-state index contributed by atoms with van der Waals surface area (Å²) in [7, 11) is 1.77. The molecule has 0 radical (unpaired) electrons. The minimum absolute atomic E-state index is 0.0801. The summed E-state index contributed by atoms with van der Waals surface area (Å²) in [6.07, 6.45) is 7.61. The number of ether oxygens (including phenoxy) is 1. The summed E-state index contributed by atoms with van der Waals surface area (Å²) >= 11 is 0. The standard InChI is InChI=1S/C12H20N2O2/c1-3-5-11(13)12(15)14(2)8-10-6-4-7-16-9-10/h1,10-11H,4-9,13H2,2H3. The molecule has 0 saturated carbocycles. The Balaban J connectivity index is 2.35. The minimum Gasteiger partial charge on any atom is -0.381 e. The van der Waals surface area contributed by atoms with E-state index in [9.17, 15) is 4.79 Å². The monoisotopic (exact) mass is 224 g/mol. The van der Waals surface area contributed by atoms with Gasteiger partial charge in [0.2, 0.25) is 5.91 Å². The molecule has 1 aliphatic heterocycles. The predicted octanol–water partition coefficient (Wildman–Crippen LogP) is 0.222. The zero-order chi connectivity index (χ0) is 12.0. The summed E-state index contributed by atoms with van der Waals surface area (Å²) in [6, 6.07) is -0.570. The van der Waals surface area contributed by atoms with Crippen LogP contribution in [0.2, 0.25) is 0 Å². The molecule has 1 fully saturated rings. The SMILES string of the molecule is C#CCC(N)C(=O)N(C)CC1CCCOC1. The molecule has 4 heteroatoms. The number of amides is 1. The highest BCUT2D eigenvalue weighted by Crippen LogP contribution is 2.14. The quantitative estimate of drug-likeness (QED) is 0.695. The lowest BCUT2D eigenvalue weighted by molar-refractivity contribution is -0.132. The van der Waals surface area contributed by atoms with Crippen molar-refractivity contribution in [2.75, 3.05) is 26.8 Å². The summed E-state index contributed by atoms with van der Waals surface area (Å²) in [5.41, 5.74) is 5.67. The fraction of sp³-hybridized carbons (Fsp3) is 0.750. The molecule has 0 spiro atoms. The highest BCUT2D eigenvalue weighted by molar-refractivity contribution is 5.81. The third kappa shape index (κ3) is 3.84. The molecule has 2 atom stereocenters. The van der Waals surface area contributed by atoms with Crippen LogP contribution in [0.5, 0.6) is 0 Å². The Labute approximate surface area is 97.1 Å². The molecule has 0 aromatic carbocycles. The van der Waals surface area contributed by atoms with Gasteiger partial charge >= 0.3 is 0 Å². The number of nitrogens with two attached hydrogens (primary N) is 1. The first-order valence-corrected chi connectivity index (χ1v) is 5.67. The molecule has 0 bridgehead atoms. The zero-order valence-corrected chi connectivity index (χ0v) is 9.82. The average molecular weight is 224 g/mol. The third-order valence-corrected chi connectivity index (χ3v) is 2.82. The van der Waals surface area contributed by atoms with Gasteiger partial charge in [0.15, 0.2) is 0 Å². The maximum absolute atomic E-state index is 11.8. The normalized spacial score (nSPS) is 22.2. The smallest absolute Gasteiger partial charge is 0.240 e. The fourth-order valence-electron chi connectivity index (χ4n) is 1.93. The lowest BCUT2D eigenvalue weighted by Crippen LogP contribution is -2.44. The molecule has 0 aromatic heterocycles. The maximum atomic E-state index is 11.8. The third-order valence-electron chi connectivity index (χ3n) is 2.82. The molecule has 1 heterocycles. The van der Waals surface area contributed by atoms with Crippen LogP contribution in [0, 0.1) is 18.3 Å². The van der Waals surface area contributed by atoms with E-state index in [-0.39, 0.29) is 5.91 Å². The number of hydrogen-bond acceptors (Lipinski definition) is 3. The van der Waals surface area contributed by atoms with Gasteiger partial charge in [0.25, 0.3) is 0 Å². The van der Waals surface area contributed by atoms with Crippen LogP contribution >= 0.6 is 0 Å². The van der Waals surface area contributed by atoms with Crippen LogP contribution in [-0.2, 0) is 9.53 Å². The van der Waals surface area contributed by atoms with Crippen molar-refractivity contribution in [3.8, 4) is 12.3 Å². The number of terminal acetylenes is 1. The molecule has 16 heavy (non-hydrogen) atoms. The van der Waals surface area contributed by atoms with E-state index in [1.54, 1.807) is 11.9 Å². The van der Waals surface area contributed by atoms with Crippen molar-refractivity contribution >= 4 is 5.91 Å². The van der Waals surface area contributed by atoms with Crippen LogP contribution < -0.4 is 5.73 Å². The van der Waals surface area contributed by atoms with Crippen LogP contribution in [-0.4, -0.2) is 43.7 Å². The summed E-state index contributed by atoms with van der Waals surface area (Å²) in [6.45, 7) is 2.28. The molecule has 2 unspecified atom stereocenters. The van der Waals surface area contributed by atoms with Gasteiger partial charge < -0.3 is 15.4 Å². The Hall–Kier alpha value is -1.05. The lowest BCUT2D eigenvalue weighted by Gasteiger charge is -2.28. The summed E-state index contributed by atoms with van der Waals surface area (Å²) in [5.74, 6) is 2.76. The number of carbonyl (C=O) groups is 1. The first-order chi connectivity index (χ1) is 7.65. The largest absolute Gasteiger partial charge is 0.381 e. The number of carbonyl (C=O) groups excluding carboxylic acids is 1. The number of hydrogen-bond donors (Lipinski definition) is 1. The van der Waals surface area contributed by atoms with Gasteiger partial charge in [-0.25, -0.2) is 0 Å². The first kappa shape index (κ1) is 13.0. The van der Waals surface area contributed by atoms with Gasteiger partial charge in [0.05, 0.1) is 12.6 Å². The summed E-state index contributed by atoms with van der Waals surface area (Å²) < 4.78 is 5.37. The average Bonchev–Trinajstić information content (AvgIpc) is 2.29. The molecule has 90 valence electrons. The number of likely N-dealkylation sites (N-methyl/N-ethyl adjacent to an activating group) is 1. The Morgan fingerprint density at radius 2 is 2.50 bits per heavy atom. The summed E-state index contributed by atoms with van der Waals surface area (Å²) in [5, 5.41) is 0. The van der Waals surface area contributed by atoms with Crippen LogP contribution in [0.4, 0.5) is 0 Å². The molecule has 2 N–H and O–H groups in total. The topological polar surface area (TPSA) is 55.6 Å². The highest BCUT2D eigenvalue weighted by Gasteiger charge is 2.21. The van der Waals surface area contributed by atoms with Crippen LogP contribution in [0.25, 0.3) is 0 Å². The maximum Gasteiger partial charge on any atom is 0.240 e. The molecule has 1 aliphatic rings. The minimum atomic E-state index is -0.570. The molecular weight excluding hydrogens is 204 g/mol. The van der Waals surface area contributed by atoms with Crippen molar-refractivity contribution in [2.45, 2.75) is 25.3 Å². The molecule has 0 aromatic rings. The van der Waals surface area contributed by atoms with E-state index in [1.807, 2.05) is 0 Å². The van der Waals surface area contributed by atoms with E-state index in [1.165, 1.54) is 0 Å². The van der Waals surface area contributed by atoms with Crippen LogP contribution in [0.3, 0.4) is 0 Å². The zero-order valence-electron chi connectivity index (χ0n) is 9.82. The fourth-order valence-corrected chi connectivity index (χ4v) is 1.93. The van der Waals surface area contributed by atoms with E-state index in [4.69, 9.17) is 16.9 Å². The van der Waals surface area contributed by atoms with Gasteiger partial charge in [0.1, 0.15) is 0 Å². The predicted molar refractivity (Wildman–Crippen MR) is 62.6 cm³/mol. The van der Waals surface area contributed by atoms with E-state index >= 15 is 0 Å². The van der Waals surface area contributed by atoms with Gasteiger partial charge in [-0.3, -0.25) is 4.79 Å². The molecule has 1 rings (SSSR count). The number of nitrogens with zero attached hydrogens (tertiary/aromatic N) is 1. The van der Waals surface area contributed by atoms with E-state index in [0.29, 0.717) is 18.9 Å². The van der Waals surface area contributed by atoms with Crippen molar-refractivity contribution in [1.29, 1.82) is 0 Å². The highest BCUT2D eigenvalue weighted by atomic mass is 16.5. The van der Waals surface area contributed by atoms with E-state index in [2.05, 4.69) is 5.92 Å². The van der Waals surface area contributed by atoms with Crippen molar-refractivity contribution in [3.05, 3.63) is 0 Å². The van der Waals surface area contributed by atoms with Gasteiger partial charge in [-0.1, -0.05) is 0 Å². The molecule has 1 saturated heterocycles. The second kappa shape index (κ2) is 6.51. The van der Waals surface area contributed by atoms with E-state index < -0.39 is 6.04 Å². The second-order valence-electron chi connectivity index (χ2n) is 4.32. The second-order valence-corrected chi connectivity index (χ2v) is 4.32. The van der Waals surface area contributed by atoms with Gasteiger partial charge in [0, 0.05) is 26.6 Å². The van der Waals surface area contributed by atoms with Crippen LogP contribution in [0.15, 0.2) is 0 Å². The lowest BCUT2D eigenvalue weighted by atomic mass is 10.0. The van der Waals surface area contributed by atoms with Crippen molar-refractivity contribution in [2.24, 2.45) is 11.7 Å². The summed E-state index contributed by atoms with van der Waals surface area (Å²) in [4.78, 5) is 13.4. The van der Waals surface area contributed by atoms with Gasteiger partial charge in [-0.15, -0.1) is 12.3 Å². The Kier molecular flexibility index (Phi) is 5.30. The van der Waals surface area contributed by atoms with Crippen molar-refractivity contribution < 1.29 is 9.53 Å². The van der Waals surface area contributed by atoms with Gasteiger partial charge in [-0.05, 0) is 18.8 Å². The molecule has 0 aliphatic carbocycles. The van der Waals surface area contributed by atoms with Gasteiger partial charge in [-0.2, -0.15) is 0 Å². The Bertz CT molecular complexity index is 267. The first-order valence-electron chi connectivity index (χ1n) is 5.67. The number of rotatable bonds is 4. The molecular formula is C12H20N2O2. The van der Waals surface area contributed by atoms with Crippen LogP contribution in [0.1, 0.15) is 19.3 Å².